The van der Waals surface area contributed by atoms with Crippen LogP contribution in [-0.2, 0) is 0 Å². The van der Waals surface area contributed by atoms with Gasteiger partial charge in [0.15, 0.2) is 0 Å². The number of benzene rings is 1. The molecule has 1 aromatic carbocycles. The first-order chi connectivity index (χ1) is 9.10. The van der Waals surface area contributed by atoms with Crippen LogP contribution in [0, 0.1) is 11.3 Å². The van der Waals surface area contributed by atoms with Crippen LogP contribution in [0.1, 0.15) is 16.1 Å². The zero-order valence-corrected chi connectivity index (χ0v) is 11.7. The Morgan fingerprint density at radius 3 is 2.79 bits per heavy atom. The van der Waals surface area contributed by atoms with Crippen LogP contribution in [0.25, 0.3) is 0 Å². The molecule has 0 spiro atoms. The van der Waals surface area contributed by atoms with Crippen LogP contribution in [0.15, 0.2) is 35.1 Å². The van der Waals surface area contributed by atoms with Gasteiger partial charge in [0.25, 0.3) is 5.91 Å². The van der Waals surface area contributed by atoms with E-state index in [4.69, 9.17) is 16.9 Å². The third kappa shape index (κ3) is 3.28. The van der Waals surface area contributed by atoms with E-state index >= 15 is 0 Å². The van der Waals surface area contributed by atoms with Crippen molar-refractivity contribution in [1.29, 1.82) is 5.26 Å². The van der Waals surface area contributed by atoms with Crippen molar-refractivity contribution in [3.63, 3.8) is 0 Å². The predicted molar refractivity (Wildman–Crippen MR) is 73.9 cm³/mol. The maximum atomic E-state index is 11.9. The number of carbonyl (C=O) groups excluding carboxylic acids is 1. The van der Waals surface area contributed by atoms with Gasteiger partial charge in [-0.2, -0.15) is 5.26 Å². The highest BCUT2D eigenvalue weighted by molar-refractivity contribution is 9.10. The highest BCUT2D eigenvalue weighted by Crippen LogP contribution is 2.20. The second kappa shape index (κ2) is 5.78. The summed E-state index contributed by atoms with van der Waals surface area (Å²) >= 11 is 8.84. The fraction of sp³-hybridized carbons (Fsp3) is 0. The van der Waals surface area contributed by atoms with Gasteiger partial charge >= 0.3 is 0 Å². The Hall–Kier alpha value is -1.97. The van der Waals surface area contributed by atoms with Crippen LogP contribution in [0.2, 0.25) is 5.15 Å². The van der Waals surface area contributed by atoms with Crippen LogP contribution in [0.5, 0.6) is 0 Å². The van der Waals surface area contributed by atoms with E-state index < -0.39 is 5.91 Å². The largest absolute Gasteiger partial charge is 0.319 e. The first-order valence-electron chi connectivity index (χ1n) is 5.08. The second-order valence-electron chi connectivity index (χ2n) is 3.48. The lowest BCUT2D eigenvalue weighted by molar-refractivity contribution is 0.102. The molecular weight excluding hydrogens is 332 g/mol. The Kier molecular flexibility index (Phi) is 4.10. The minimum Gasteiger partial charge on any atom is -0.319 e. The molecule has 7 heteroatoms. The SMILES string of the molecule is N#Cc1cc(Br)ccc1NC(=O)c1cnc(Cl)cn1. The third-order valence-corrected chi connectivity index (χ3v) is 2.89. The molecule has 94 valence electrons. The smallest absolute Gasteiger partial charge is 0.275 e. The normalized spacial score (nSPS) is 9.74. The third-order valence-electron chi connectivity index (χ3n) is 2.20. The van der Waals surface area contributed by atoms with Gasteiger partial charge in [0, 0.05) is 4.47 Å². The first-order valence-corrected chi connectivity index (χ1v) is 6.26. The topological polar surface area (TPSA) is 78.7 Å². The Labute approximate surface area is 122 Å². The molecule has 0 saturated heterocycles. The van der Waals surface area contributed by atoms with E-state index in [2.05, 4.69) is 31.2 Å². The first kappa shape index (κ1) is 13.5. The van der Waals surface area contributed by atoms with Gasteiger partial charge in [0.05, 0.1) is 23.6 Å². The summed E-state index contributed by atoms with van der Waals surface area (Å²) in [7, 11) is 0. The molecule has 0 fully saturated rings. The van der Waals surface area contributed by atoms with Crippen molar-refractivity contribution in [3.05, 3.63) is 51.5 Å². The summed E-state index contributed by atoms with van der Waals surface area (Å²) in [6.07, 6.45) is 2.55. The minimum atomic E-state index is -0.456. The molecule has 2 aromatic rings. The number of rotatable bonds is 2. The van der Waals surface area contributed by atoms with Crippen LogP contribution in [0.4, 0.5) is 5.69 Å². The lowest BCUT2D eigenvalue weighted by Crippen LogP contribution is -2.14. The number of nitriles is 1. The standard InChI is InChI=1S/C12H6BrClN4O/c13-8-1-2-9(7(3-8)4-15)18-12(19)10-5-17-11(14)6-16-10/h1-3,5-6H,(H,18,19). The Morgan fingerprint density at radius 1 is 1.37 bits per heavy atom. The molecule has 5 nitrogen and oxygen atoms in total. The molecule has 1 heterocycles. The van der Waals surface area contributed by atoms with Crippen molar-refractivity contribution >= 4 is 39.1 Å². The molecule has 1 N–H and O–H groups in total. The average Bonchev–Trinajstić information content (AvgIpc) is 2.41. The molecule has 0 saturated carbocycles. The van der Waals surface area contributed by atoms with Gasteiger partial charge in [0.1, 0.15) is 16.9 Å². The number of hydrogen-bond donors (Lipinski definition) is 1. The molecule has 0 unspecified atom stereocenters. The van der Waals surface area contributed by atoms with Gasteiger partial charge in [-0.25, -0.2) is 9.97 Å². The molecule has 0 radical (unpaired) electrons. The van der Waals surface area contributed by atoms with Gasteiger partial charge in [-0.3, -0.25) is 4.79 Å². The maximum absolute atomic E-state index is 11.9. The maximum Gasteiger partial charge on any atom is 0.275 e. The fourth-order valence-electron chi connectivity index (χ4n) is 1.33. The van der Waals surface area contributed by atoms with Crippen LogP contribution in [0.3, 0.4) is 0 Å². The summed E-state index contributed by atoms with van der Waals surface area (Å²) in [5, 5.41) is 11.8. The summed E-state index contributed by atoms with van der Waals surface area (Å²) in [5.74, 6) is -0.456. The van der Waals surface area contributed by atoms with Crippen molar-refractivity contribution in [1.82, 2.24) is 9.97 Å². The average molecular weight is 338 g/mol. The number of hydrogen-bond acceptors (Lipinski definition) is 4. The lowest BCUT2D eigenvalue weighted by Gasteiger charge is -2.06. The number of anilines is 1. The Balaban J connectivity index is 2.24. The number of aromatic nitrogens is 2. The van der Waals surface area contributed by atoms with E-state index in [0.717, 1.165) is 4.47 Å². The summed E-state index contributed by atoms with van der Waals surface area (Å²) in [5.41, 5.74) is 0.883. The van der Waals surface area contributed by atoms with Crippen LogP contribution < -0.4 is 5.32 Å². The van der Waals surface area contributed by atoms with Gasteiger partial charge in [-0.05, 0) is 18.2 Å². The Bertz CT molecular complexity index is 666. The van der Waals surface area contributed by atoms with E-state index in [-0.39, 0.29) is 10.8 Å². The van der Waals surface area contributed by atoms with E-state index in [1.165, 1.54) is 12.4 Å². The van der Waals surface area contributed by atoms with E-state index in [1.807, 2.05) is 6.07 Å². The summed E-state index contributed by atoms with van der Waals surface area (Å²) in [6.45, 7) is 0. The van der Waals surface area contributed by atoms with Crippen molar-refractivity contribution in [2.75, 3.05) is 5.32 Å². The Morgan fingerprint density at radius 2 is 2.16 bits per heavy atom. The van der Waals surface area contributed by atoms with Gasteiger partial charge in [-0.1, -0.05) is 27.5 Å². The van der Waals surface area contributed by atoms with E-state index in [0.29, 0.717) is 11.3 Å². The van der Waals surface area contributed by atoms with E-state index in [9.17, 15) is 4.79 Å². The molecule has 0 bridgehead atoms. The quantitative estimate of drug-likeness (QED) is 0.913. The van der Waals surface area contributed by atoms with Crippen molar-refractivity contribution in [3.8, 4) is 6.07 Å². The number of nitrogens with zero attached hydrogens (tertiary/aromatic N) is 3. The second-order valence-corrected chi connectivity index (χ2v) is 4.78. The molecule has 0 aliphatic rings. The number of halogens is 2. The molecular formula is C12H6BrClN4O. The zero-order chi connectivity index (χ0) is 13.8. The predicted octanol–water partition coefficient (Wildman–Crippen LogP) is 3.02. The molecule has 0 aliphatic carbocycles. The minimum absolute atomic E-state index is 0.121. The highest BCUT2D eigenvalue weighted by atomic mass is 79.9. The van der Waals surface area contributed by atoms with Crippen molar-refractivity contribution in [2.45, 2.75) is 0 Å². The summed E-state index contributed by atoms with van der Waals surface area (Å²) < 4.78 is 0.758. The van der Waals surface area contributed by atoms with Crippen molar-refractivity contribution < 1.29 is 4.79 Å². The summed E-state index contributed by atoms with van der Waals surface area (Å²) in [6, 6.07) is 6.97. The molecule has 1 amide bonds. The zero-order valence-electron chi connectivity index (χ0n) is 9.39. The molecule has 0 atom stereocenters. The fourth-order valence-corrected chi connectivity index (χ4v) is 1.79. The van der Waals surface area contributed by atoms with Gasteiger partial charge in [-0.15, -0.1) is 0 Å². The van der Waals surface area contributed by atoms with Gasteiger partial charge < -0.3 is 5.32 Å². The number of amides is 1. The molecule has 1 aromatic heterocycles. The number of carbonyl (C=O) groups is 1. The highest BCUT2D eigenvalue weighted by Gasteiger charge is 2.11. The summed E-state index contributed by atoms with van der Waals surface area (Å²) in [4.78, 5) is 19.5. The molecule has 19 heavy (non-hydrogen) atoms. The number of nitrogens with one attached hydrogen (secondary N) is 1. The lowest BCUT2D eigenvalue weighted by atomic mass is 10.2. The van der Waals surface area contributed by atoms with E-state index in [1.54, 1.807) is 18.2 Å². The van der Waals surface area contributed by atoms with Gasteiger partial charge in [0.2, 0.25) is 0 Å². The molecule has 0 aliphatic heterocycles. The molecule has 2 rings (SSSR count). The van der Waals surface area contributed by atoms with Crippen LogP contribution >= 0.6 is 27.5 Å². The van der Waals surface area contributed by atoms with Crippen LogP contribution in [-0.4, -0.2) is 15.9 Å². The van der Waals surface area contributed by atoms with Crippen molar-refractivity contribution in [2.24, 2.45) is 0 Å². The monoisotopic (exact) mass is 336 g/mol.